The maximum absolute atomic E-state index is 8.76. The van der Waals surface area contributed by atoms with Crippen molar-refractivity contribution in [2.45, 2.75) is 38.3 Å². The first kappa shape index (κ1) is 11.9. The van der Waals surface area contributed by atoms with E-state index in [1.54, 1.807) is 7.11 Å². The van der Waals surface area contributed by atoms with Gasteiger partial charge >= 0.3 is 0 Å². The van der Waals surface area contributed by atoms with Crippen molar-refractivity contribution in [3.63, 3.8) is 0 Å². The smallest absolute Gasteiger partial charge is 0.0637 e. The van der Waals surface area contributed by atoms with Crippen molar-refractivity contribution in [2.75, 3.05) is 20.8 Å². The Bertz CT molecular complexity index is 115. The Morgan fingerprint density at radius 2 is 2.08 bits per heavy atom. The number of nitrogens with one attached hydrogen (secondary N) is 1. The summed E-state index contributed by atoms with van der Waals surface area (Å²) in [5.74, 6) is 0. The monoisotopic (exact) mass is 175 g/mol. The summed E-state index contributed by atoms with van der Waals surface area (Å²) in [4.78, 5) is 0. The zero-order valence-electron chi connectivity index (χ0n) is 8.55. The Balaban J connectivity index is 3.83. The van der Waals surface area contributed by atoms with Crippen LogP contribution in [0.3, 0.4) is 0 Å². The van der Waals surface area contributed by atoms with Gasteiger partial charge in [-0.05, 0) is 33.7 Å². The second-order valence-electron chi connectivity index (χ2n) is 3.67. The summed E-state index contributed by atoms with van der Waals surface area (Å²) in [6, 6.07) is 0.338. The molecule has 0 aromatic heterocycles. The Morgan fingerprint density at radius 3 is 2.42 bits per heavy atom. The summed E-state index contributed by atoms with van der Waals surface area (Å²) in [5, 5.41) is 11.9. The lowest BCUT2D eigenvalue weighted by molar-refractivity contribution is 0.00579. The lowest BCUT2D eigenvalue weighted by atomic mass is 9.97. The van der Waals surface area contributed by atoms with Gasteiger partial charge in [0.15, 0.2) is 0 Å². The standard InChI is InChI=1S/C9H21NO2/c1-9(2,12-4)7-8(10-3)5-6-11/h8,10-11H,5-7H2,1-4H3. The predicted molar refractivity (Wildman–Crippen MR) is 50.3 cm³/mol. The lowest BCUT2D eigenvalue weighted by Crippen LogP contribution is -2.36. The lowest BCUT2D eigenvalue weighted by Gasteiger charge is -2.27. The van der Waals surface area contributed by atoms with E-state index in [4.69, 9.17) is 9.84 Å². The Morgan fingerprint density at radius 1 is 1.50 bits per heavy atom. The molecule has 0 saturated carbocycles. The first-order chi connectivity index (χ1) is 5.55. The summed E-state index contributed by atoms with van der Waals surface area (Å²) in [6.45, 7) is 4.33. The molecular formula is C9H21NO2. The van der Waals surface area contributed by atoms with E-state index in [2.05, 4.69) is 19.2 Å². The number of aliphatic hydroxyl groups excluding tert-OH is 1. The van der Waals surface area contributed by atoms with Crippen LogP contribution in [0.25, 0.3) is 0 Å². The molecule has 0 aliphatic heterocycles. The fourth-order valence-corrected chi connectivity index (χ4v) is 1.18. The molecule has 0 aromatic carbocycles. The highest BCUT2D eigenvalue weighted by Gasteiger charge is 2.21. The van der Waals surface area contributed by atoms with Crippen LogP contribution in [0, 0.1) is 0 Å². The van der Waals surface area contributed by atoms with Gasteiger partial charge in [-0.25, -0.2) is 0 Å². The third-order valence-corrected chi connectivity index (χ3v) is 2.18. The van der Waals surface area contributed by atoms with Gasteiger partial charge in [0.1, 0.15) is 0 Å². The molecule has 74 valence electrons. The summed E-state index contributed by atoms with van der Waals surface area (Å²) >= 11 is 0. The normalized spacial score (nSPS) is 14.8. The number of methoxy groups -OCH3 is 1. The molecule has 0 bridgehead atoms. The van der Waals surface area contributed by atoms with E-state index in [1.807, 2.05) is 7.05 Å². The van der Waals surface area contributed by atoms with Crippen LogP contribution in [-0.4, -0.2) is 37.5 Å². The van der Waals surface area contributed by atoms with Crippen LogP contribution in [0.5, 0.6) is 0 Å². The minimum Gasteiger partial charge on any atom is -0.396 e. The first-order valence-corrected chi connectivity index (χ1v) is 4.39. The van der Waals surface area contributed by atoms with Crippen LogP contribution in [-0.2, 0) is 4.74 Å². The molecule has 0 rings (SSSR count). The van der Waals surface area contributed by atoms with Crippen molar-refractivity contribution in [1.29, 1.82) is 0 Å². The van der Waals surface area contributed by atoms with Crippen molar-refractivity contribution in [2.24, 2.45) is 0 Å². The maximum atomic E-state index is 8.76. The van der Waals surface area contributed by atoms with Gasteiger partial charge in [0.2, 0.25) is 0 Å². The van der Waals surface area contributed by atoms with Crippen molar-refractivity contribution in [1.82, 2.24) is 5.32 Å². The summed E-state index contributed by atoms with van der Waals surface area (Å²) in [5.41, 5.74) is -0.108. The number of hydrogen-bond donors (Lipinski definition) is 2. The quantitative estimate of drug-likeness (QED) is 0.626. The van der Waals surface area contributed by atoms with Gasteiger partial charge in [-0.15, -0.1) is 0 Å². The number of ether oxygens (including phenoxy) is 1. The molecule has 0 aliphatic carbocycles. The summed E-state index contributed by atoms with van der Waals surface area (Å²) in [7, 11) is 3.62. The summed E-state index contributed by atoms with van der Waals surface area (Å²) in [6.07, 6.45) is 1.70. The third-order valence-electron chi connectivity index (χ3n) is 2.18. The van der Waals surface area contributed by atoms with Crippen LogP contribution >= 0.6 is 0 Å². The predicted octanol–water partition coefficient (Wildman–Crippen LogP) is 0.772. The molecule has 3 nitrogen and oxygen atoms in total. The molecule has 12 heavy (non-hydrogen) atoms. The van der Waals surface area contributed by atoms with Gasteiger partial charge < -0.3 is 15.2 Å². The van der Waals surface area contributed by atoms with E-state index in [-0.39, 0.29) is 12.2 Å². The van der Waals surface area contributed by atoms with Crippen molar-refractivity contribution < 1.29 is 9.84 Å². The third kappa shape index (κ3) is 4.70. The highest BCUT2D eigenvalue weighted by Crippen LogP contribution is 2.16. The zero-order chi connectivity index (χ0) is 9.61. The fourth-order valence-electron chi connectivity index (χ4n) is 1.18. The highest BCUT2D eigenvalue weighted by atomic mass is 16.5. The zero-order valence-corrected chi connectivity index (χ0v) is 8.55. The number of aliphatic hydroxyl groups is 1. The van der Waals surface area contributed by atoms with Crippen LogP contribution in [0.4, 0.5) is 0 Å². The van der Waals surface area contributed by atoms with E-state index in [0.717, 1.165) is 12.8 Å². The summed E-state index contributed by atoms with van der Waals surface area (Å²) < 4.78 is 5.29. The van der Waals surface area contributed by atoms with Gasteiger partial charge in [0, 0.05) is 19.8 Å². The van der Waals surface area contributed by atoms with Crippen LogP contribution in [0.15, 0.2) is 0 Å². The van der Waals surface area contributed by atoms with E-state index in [9.17, 15) is 0 Å². The Hall–Kier alpha value is -0.120. The topological polar surface area (TPSA) is 41.5 Å². The molecule has 0 fully saturated rings. The van der Waals surface area contributed by atoms with E-state index >= 15 is 0 Å². The van der Waals surface area contributed by atoms with E-state index < -0.39 is 0 Å². The largest absolute Gasteiger partial charge is 0.396 e. The second kappa shape index (κ2) is 5.51. The highest BCUT2D eigenvalue weighted by molar-refractivity contribution is 4.76. The average Bonchev–Trinajstić information content (AvgIpc) is 2.03. The Labute approximate surface area is 75.1 Å². The van der Waals surface area contributed by atoms with Crippen LogP contribution in [0.2, 0.25) is 0 Å². The molecule has 0 aliphatic rings. The molecule has 1 unspecified atom stereocenters. The van der Waals surface area contributed by atoms with Crippen LogP contribution < -0.4 is 5.32 Å². The molecule has 0 radical (unpaired) electrons. The fraction of sp³-hybridized carbons (Fsp3) is 1.00. The molecule has 0 heterocycles. The first-order valence-electron chi connectivity index (χ1n) is 4.39. The van der Waals surface area contributed by atoms with Gasteiger partial charge in [-0.1, -0.05) is 0 Å². The maximum Gasteiger partial charge on any atom is 0.0637 e. The Kier molecular flexibility index (Phi) is 5.46. The van der Waals surface area contributed by atoms with Crippen LogP contribution in [0.1, 0.15) is 26.7 Å². The van der Waals surface area contributed by atoms with E-state index in [1.165, 1.54) is 0 Å². The average molecular weight is 175 g/mol. The molecule has 0 aromatic rings. The molecule has 0 saturated heterocycles. The van der Waals surface area contributed by atoms with Gasteiger partial charge in [0.25, 0.3) is 0 Å². The van der Waals surface area contributed by atoms with Gasteiger partial charge in [0.05, 0.1) is 5.60 Å². The van der Waals surface area contributed by atoms with E-state index in [0.29, 0.717) is 6.04 Å². The minimum absolute atomic E-state index is 0.108. The minimum atomic E-state index is -0.108. The molecule has 2 N–H and O–H groups in total. The molecule has 0 amide bonds. The van der Waals surface area contributed by atoms with Crippen molar-refractivity contribution in [3.05, 3.63) is 0 Å². The molecular weight excluding hydrogens is 154 g/mol. The molecule has 1 atom stereocenters. The van der Waals surface area contributed by atoms with Crippen molar-refractivity contribution >= 4 is 0 Å². The SMILES string of the molecule is CNC(CCO)CC(C)(C)OC. The van der Waals surface area contributed by atoms with Gasteiger partial charge in [-0.3, -0.25) is 0 Å². The number of rotatable bonds is 6. The van der Waals surface area contributed by atoms with Gasteiger partial charge in [-0.2, -0.15) is 0 Å². The van der Waals surface area contributed by atoms with Crippen molar-refractivity contribution in [3.8, 4) is 0 Å². The second-order valence-corrected chi connectivity index (χ2v) is 3.67. The number of hydrogen-bond acceptors (Lipinski definition) is 3. The molecule has 3 heteroatoms. The molecule has 0 spiro atoms.